The first-order valence-corrected chi connectivity index (χ1v) is 6.08. The monoisotopic (exact) mass is 237 g/mol. The van der Waals surface area contributed by atoms with Gasteiger partial charge in [0.2, 0.25) is 0 Å². The van der Waals surface area contributed by atoms with E-state index in [1.54, 1.807) is 12.1 Å². The summed E-state index contributed by atoms with van der Waals surface area (Å²) in [5.41, 5.74) is 1.72. The highest BCUT2D eigenvalue weighted by Gasteiger charge is 2.18. The van der Waals surface area contributed by atoms with Crippen molar-refractivity contribution in [1.82, 2.24) is 0 Å². The van der Waals surface area contributed by atoms with Gasteiger partial charge in [-0.2, -0.15) is 0 Å². The Hall–Kier alpha value is -1.02. The molecule has 0 radical (unpaired) electrons. The maximum absolute atomic E-state index is 11.0. The first-order valence-electron chi connectivity index (χ1n) is 5.70. The quantitative estimate of drug-likeness (QED) is 0.735. The maximum atomic E-state index is 11.0. The number of aldehydes is 1. The predicted octanol–water partition coefficient (Wildman–Crippen LogP) is 3.39. The molecular formula is C13H16ClNO. The van der Waals surface area contributed by atoms with Crippen LogP contribution in [-0.2, 0) is 0 Å². The van der Waals surface area contributed by atoms with Crippen molar-refractivity contribution >= 4 is 23.6 Å². The molecule has 1 aromatic rings. The molecule has 0 saturated carbocycles. The summed E-state index contributed by atoms with van der Waals surface area (Å²) in [6, 6.07) is 5.45. The van der Waals surface area contributed by atoms with Crippen molar-refractivity contribution in [2.75, 3.05) is 18.0 Å². The van der Waals surface area contributed by atoms with Crippen LogP contribution < -0.4 is 4.90 Å². The fraction of sp³-hybridized carbons (Fsp3) is 0.462. The molecule has 0 unspecified atom stereocenters. The van der Waals surface area contributed by atoms with Crippen LogP contribution >= 0.6 is 11.6 Å². The van der Waals surface area contributed by atoms with Gasteiger partial charge in [0.05, 0.1) is 0 Å². The van der Waals surface area contributed by atoms with Gasteiger partial charge in [-0.25, -0.2) is 0 Å². The second-order valence-corrected chi connectivity index (χ2v) is 4.93. The van der Waals surface area contributed by atoms with Gasteiger partial charge in [-0.05, 0) is 37.0 Å². The average Bonchev–Trinajstić information content (AvgIpc) is 2.30. The average molecular weight is 238 g/mol. The fourth-order valence-electron chi connectivity index (χ4n) is 2.14. The van der Waals surface area contributed by atoms with E-state index in [1.165, 1.54) is 12.8 Å². The summed E-state index contributed by atoms with van der Waals surface area (Å²) in [6.07, 6.45) is 3.28. The number of carbonyl (C=O) groups is 1. The minimum atomic E-state index is 0.694. The number of nitrogens with zero attached hydrogens (tertiary/aromatic N) is 1. The number of piperidine rings is 1. The summed E-state index contributed by atoms with van der Waals surface area (Å²) in [7, 11) is 0. The van der Waals surface area contributed by atoms with Gasteiger partial charge in [0.25, 0.3) is 0 Å². The number of benzene rings is 1. The van der Waals surface area contributed by atoms with E-state index in [9.17, 15) is 4.79 Å². The Morgan fingerprint density at radius 1 is 1.38 bits per heavy atom. The van der Waals surface area contributed by atoms with Crippen LogP contribution in [0.4, 0.5) is 5.69 Å². The first kappa shape index (κ1) is 11.5. The predicted molar refractivity (Wildman–Crippen MR) is 67.5 cm³/mol. The van der Waals surface area contributed by atoms with Crippen molar-refractivity contribution < 1.29 is 4.79 Å². The van der Waals surface area contributed by atoms with Crippen molar-refractivity contribution in [3.8, 4) is 0 Å². The molecule has 2 rings (SSSR count). The molecule has 3 heteroatoms. The molecule has 0 aromatic heterocycles. The Balaban J connectivity index is 2.25. The summed E-state index contributed by atoms with van der Waals surface area (Å²) in [5, 5.41) is 0.694. The summed E-state index contributed by atoms with van der Waals surface area (Å²) >= 11 is 5.98. The van der Waals surface area contributed by atoms with Crippen LogP contribution in [0.15, 0.2) is 18.2 Å². The van der Waals surface area contributed by atoms with E-state index in [4.69, 9.17) is 11.6 Å². The fourth-order valence-corrected chi connectivity index (χ4v) is 2.31. The zero-order chi connectivity index (χ0) is 11.5. The maximum Gasteiger partial charge on any atom is 0.152 e. The van der Waals surface area contributed by atoms with E-state index in [2.05, 4.69) is 11.8 Å². The molecular weight excluding hydrogens is 222 g/mol. The molecule has 0 atom stereocenters. The van der Waals surface area contributed by atoms with E-state index in [-0.39, 0.29) is 0 Å². The summed E-state index contributed by atoms with van der Waals surface area (Å²) in [5.74, 6) is 0.787. The van der Waals surface area contributed by atoms with E-state index >= 15 is 0 Å². The Bertz CT molecular complexity index is 384. The molecule has 16 heavy (non-hydrogen) atoms. The molecule has 0 spiro atoms. The molecule has 2 nitrogen and oxygen atoms in total. The Morgan fingerprint density at radius 3 is 2.69 bits per heavy atom. The van der Waals surface area contributed by atoms with E-state index < -0.39 is 0 Å². The van der Waals surface area contributed by atoms with Gasteiger partial charge in [-0.15, -0.1) is 0 Å². The van der Waals surface area contributed by atoms with Gasteiger partial charge in [-0.1, -0.05) is 18.5 Å². The summed E-state index contributed by atoms with van der Waals surface area (Å²) < 4.78 is 0. The third-order valence-electron chi connectivity index (χ3n) is 3.24. The number of rotatable bonds is 2. The molecule has 1 saturated heterocycles. The van der Waals surface area contributed by atoms with Gasteiger partial charge in [0.15, 0.2) is 6.29 Å². The van der Waals surface area contributed by atoms with Crippen molar-refractivity contribution in [2.45, 2.75) is 19.8 Å². The number of halogens is 1. The first-order chi connectivity index (χ1) is 7.70. The molecule has 1 fully saturated rings. The highest BCUT2D eigenvalue weighted by molar-refractivity contribution is 6.31. The molecule has 1 heterocycles. The van der Waals surface area contributed by atoms with E-state index in [0.29, 0.717) is 5.02 Å². The SMILES string of the molecule is CC1CCN(c2cc(Cl)ccc2C=O)CC1. The lowest BCUT2D eigenvalue weighted by Gasteiger charge is -2.33. The van der Waals surface area contributed by atoms with Gasteiger partial charge >= 0.3 is 0 Å². The lowest BCUT2D eigenvalue weighted by atomic mass is 9.98. The summed E-state index contributed by atoms with van der Waals surface area (Å²) in [4.78, 5) is 13.2. The second-order valence-electron chi connectivity index (χ2n) is 4.49. The van der Waals surface area contributed by atoms with Crippen molar-refractivity contribution in [1.29, 1.82) is 0 Å². The van der Waals surface area contributed by atoms with Crippen molar-refractivity contribution in [2.24, 2.45) is 5.92 Å². The van der Waals surface area contributed by atoms with Crippen LogP contribution in [-0.4, -0.2) is 19.4 Å². The van der Waals surface area contributed by atoms with Crippen LogP contribution in [0, 0.1) is 5.92 Å². The standard InChI is InChI=1S/C13H16ClNO/c1-10-4-6-15(7-5-10)13-8-12(14)3-2-11(13)9-16/h2-3,8-10H,4-7H2,1H3. The largest absolute Gasteiger partial charge is 0.371 e. The minimum absolute atomic E-state index is 0.694. The number of hydrogen-bond acceptors (Lipinski definition) is 2. The van der Waals surface area contributed by atoms with Gasteiger partial charge < -0.3 is 4.90 Å². The molecule has 1 aliphatic rings. The number of carbonyl (C=O) groups excluding carboxylic acids is 1. The highest BCUT2D eigenvalue weighted by atomic mass is 35.5. The van der Waals surface area contributed by atoms with E-state index in [1.807, 2.05) is 6.07 Å². The highest BCUT2D eigenvalue weighted by Crippen LogP contribution is 2.27. The van der Waals surface area contributed by atoms with Gasteiger partial charge in [0.1, 0.15) is 0 Å². The summed E-state index contributed by atoms with van der Waals surface area (Å²) in [6.45, 7) is 4.31. The molecule has 86 valence electrons. The molecule has 0 bridgehead atoms. The molecule has 1 aliphatic heterocycles. The molecule has 0 N–H and O–H groups in total. The second kappa shape index (κ2) is 4.88. The van der Waals surface area contributed by atoms with Crippen LogP contribution in [0.3, 0.4) is 0 Å². The Labute approximate surface area is 101 Å². The van der Waals surface area contributed by atoms with Crippen LogP contribution in [0.1, 0.15) is 30.1 Å². The molecule has 0 amide bonds. The zero-order valence-electron chi connectivity index (χ0n) is 9.45. The zero-order valence-corrected chi connectivity index (χ0v) is 10.2. The number of hydrogen-bond donors (Lipinski definition) is 0. The van der Waals surface area contributed by atoms with Crippen LogP contribution in [0.2, 0.25) is 5.02 Å². The topological polar surface area (TPSA) is 20.3 Å². The van der Waals surface area contributed by atoms with E-state index in [0.717, 1.165) is 36.5 Å². The van der Waals surface area contributed by atoms with Crippen molar-refractivity contribution in [3.63, 3.8) is 0 Å². The van der Waals surface area contributed by atoms with Gasteiger partial charge in [-0.3, -0.25) is 4.79 Å². The third kappa shape index (κ3) is 2.38. The third-order valence-corrected chi connectivity index (χ3v) is 3.48. The van der Waals surface area contributed by atoms with Crippen LogP contribution in [0.5, 0.6) is 0 Å². The molecule has 1 aromatic carbocycles. The lowest BCUT2D eigenvalue weighted by molar-refractivity contribution is 0.112. The molecule has 0 aliphatic carbocycles. The van der Waals surface area contributed by atoms with Crippen LogP contribution in [0.25, 0.3) is 0 Å². The smallest absolute Gasteiger partial charge is 0.152 e. The normalized spacial score (nSPS) is 17.5. The van der Waals surface area contributed by atoms with Crippen molar-refractivity contribution in [3.05, 3.63) is 28.8 Å². The Kier molecular flexibility index (Phi) is 3.49. The minimum Gasteiger partial charge on any atom is -0.371 e. The lowest BCUT2D eigenvalue weighted by Crippen LogP contribution is -2.33. The number of anilines is 1. The Morgan fingerprint density at radius 2 is 2.06 bits per heavy atom. The van der Waals surface area contributed by atoms with Gasteiger partial charge in [0, 0.05) is 29.4 Å².